The van der Waals surface area contributed by atoms with Gasteiger partial charge in [0.15, 0.2) is 14.6 Å². The van der Waals surface area contributed by atoms with Crippen LogP contribution in [0, 0.1) is 17.2 Å². The van der Waals surface area contributed by atoms with Crippen LogP contribution in [0.25, 0.3) is 0 Å². The Morgan fingerprint density at radius 3 is 2.33 bits per heavy atom. The summed E-state index contributed by atoms with van der Waals surface area (Å²) in [6.07, 6.45) is -1.04. The highest BCUT2D eigenvalue weighted by Gasteiger charge is 2.59. The smallest absolute Gasteiger partial charge is 0.219 e. The topological polar surface area (TPSA) is 277 Å². The maximum Gasteiger partial charge on any atom is 0.219 e. The zero-order valence-electron chi connectivity index (χ0n) is 23.1. The van der Waals surface area contributed by atoms with Crippen molar-refractivity contribution in [1.29, 1.82) is 5.41 Å². The van der Waals surface area contributed by atoms with Gasteiger partial charge in [-0.25, -0.2) is 4.21 Å². The molecule has 0 aromatic heterocycles. The Kier molecular flexibility index (Phi) is 10.1. The summed E-state index contributed by atoms with van der Waals surface area (Å²) in [5, 5.41) is 51.1. The number of nitrogens with two attached hydrogens (primary N) is 3. The first-order valence-corrected chi connectivity index (χ1v) is 19.6. The lowest BCUT2D eigenvalue weighted by Gasteiger charge is -2.58. The largest absolute Gasteiger partial charge is 0.397 e. The van der Waals surface area contributed by atoms with Crippen LogP contribution in [0.3, 0.4) is 0 Å². The Hall–Kier alpha value is -0.560. The molecule has 20 heteroatoms. The summed E-state index contributed by atoms with van der Waals surface area (Å²) in [4.78, 5) is 30.8. The predicted octanol–water partition coefficient (Wildman–Crippen LogP) is -3.08. The minimum atomic E-state index is -4.15. The number of aliphatic hydroxyl groups is 4. The molecule has 3 aliphatic carbocycles. The maximum atomic E-state index is 14.1. The number of hydrogen-bond donors (Lipinski definition) is 10. The summed E-state index contributed by atoms with van der Waals surface area (Å²) >= 11 is 3.82. The number of Topliss-reactive ketones (excluding diaryl/α,β-unsaturated/α-hetero) is 2. The highest BCUT2D eigenvalue weighted by Crippen LogP contribution is 2.56. The lowest BCUT2D eigenvalue weighted by molar-refractivity contribution is -0.260. The molecule has 0 aromatic carbocycles. The van der Waals surface area contributed by atoms with Gasteiger partial charge < -0.3 is 42.9 Å². The third-order valence-corrected chi connectivity index (χ3v) is 19.3. The van der Waals surface area contributed by atoms with Gasteiger partial charge in [-0.2, -0.15) is 0 Å². The molecule has 0 radical (unpaired) electrons. The van der Waals surface area contributed by atoms with Crippen molar-refractivity contribution < 1.29 is 43.5 Å². The van der Waals surface area contributed by atoms with Gasteiger partial charge in [-0.3, -0.25) is 15.0 Å². The molecule has 2 heterocycles. The van der Waals surface area contributed by atoms with Crippen molar-refractivity contribution in [3.63, 3.8) is 0 Å². The van der Waals surface area contributed by atoms with Crippen molar-refractivity contribution in [2.24, 2.45) is 29.0 Å². The molecule has 3 fully saturated rings. The van der Waals surface area contributed by atoms with Crippen LogP contribution in [0.2, 0.25) is 0 Å². The summed E-state index contributed by atoms with van der Waals surface area (Å²) in [6.45, 7) is 3.05. The highest BCUT2D eigenvalue weighted by atomic mass is 32.9. The first-order valence-electron chi connectivity index (χ1n) is 13.3. The molecule has 0 spiro atoms. The van der Waals surface area contributed by atoms with E-state index in [1.807, 2.05) is 19.3 Å². The lowest BCUT2D eigenvalue weighted by Crippen LogP contribution is -2.75. The molecule has 242 valence electrons. The average molecular weight is 701 g/mol. The molecule has 2 saturated carbocycles. The van der Waals surface area contributed by atoms with E-state index in [1.54, 1.807) is 11.8 Å². The molecule has 1 saturated heterocycles. The number of nitrogens with one attached hydrogen (secondary N) is 3. The Morgan fingerprint density at radius 1 is 1.05 bits per heavy atom. The number of hydroxylamine groups is 1. The van der Waals surface area contributed by atoms with Crippen LogP contribution < -0.4 is 28.0 Å². The van der Waals surface area contributed by atoms with E-state index >= 15 is 0 Å². The Balaban J connectivity index is 1.57. The van der Waals surface area contributed by atoms with Crippen LogP contribution in [0.1, 0.15) is 13.8 Å². The van der Waals surface area contributed by atoms with Gasteiger partial charge in [-0.05, 0) is 5.92 Å². The van der Waals surface area contributed by atoms with Crippen LogP contribution in [0.15, 0.2) is 20.4 Å². The first kappa shape index (κ1) is 33.8. The second-order valence-corrected chi connectivity index (χ2v) is 20.1. The molecule has 12 atom stereocenters. The molecule has 0 aromatic rings. The number of rotatable bonds is 7. The van der Waals surface area contributed by atoms with Gasteiger partial charge in [-0.15, -0.1) is 50.1 Å². The summed E-state index contributed by atoms with van der Waals surface area (Å²) in [7, 11) is -6.02. The molecular weight excluding hydrogens is 665 g/mol. The van der Waals surface area contributed by atoms with E-state index in [-0.39, 0.29) is 55.7 Å². The number of allylic oxidation sites excluding steroid dienone is 2. The highest BCUT2D eigenvalue weighted by molar-refractivity contribution is 8.47. The quantitative estimate of drug-likeness (QED) is 0.0414. The molecule has 0 bridgehead atoms. The van der Waals surface area contributed by atoms with Gasteiger partial charge in [0.2, 0.25) is 5.78 Å². The van der Waals surface area contributed by atoms with Crippen molar-refractivity contribution in [3.05, 3.63) is 20.4 Å². The van der Waals surface area contributed by atoms with E-state index in [9.17, 15) is 29.1 Å². The van der Waals surface area contributed by atoms with E-state index < -0.39 is 81.9 Å². The fourth-order valence-electron chi connectivity index (χ4n) is 6.19. The van der Waals surface area contributed by atoms with E-state index in [4.69, 9.17) is 32.1 Å². The van der Waals surface area contributed by atoms with Gasteiger partial charge in [0.25, 0.3) is 0 Å². The van der Waals surface area contributed by atoms with E-state index in [0.29, 0.717) is 0 Å². The molecule has 13 N–H and O–H groups in total. The number of hydrogen-bond acceptors (Lipinski definition) is 18. The van der Waals surface area contributed by atoms with Crippen LogP contribution in [0.4, 0.5) is 0 Å². The third kappa shape index (κ3) is 5.38. The van der Waals surface area contributed by atoms with Gasteiger partial charge in [0.05, 0.1) is 39.9 Å². The molecule has 5 rings (SSSR count). The zero-order chi connectivity index (χ0) is 31.5. The number of fused-ring (bicyclic) bond motifs is 4. The van der Waals surface area contributed by atoms with Crippen molar-refractivity contribution >= 4 is 70.8 Å². The van der Waals surface area contributed by atoms with Gasteiger partial charge in [-0.1, -0.05) is 23.3 Å². The molecule has 15 nitrogen and oxygen atoms in total. The van der Waals surface area contributed by atoms with Crippen molar-refractivity contribution in [2.45, 2.75) is 65.1 Å². The SMILES string of the molecule is CC1C(=O)C(N)C(C)C2NC3C(SC12)C(N)C(O)C1SC2=C(SC31)C(N)=C(S(=O)(OONCO)=S(CO)CO)C(=N)C2=O. The fourth-order valence-corrected chi connectivity index (χ4v) is 15.7. The summed E-state index contributed by atoms with van der Waals surface area (Å²) in [6, 6.07) is -1.74. The second kappa shape index (κ2) is 12.9. The van der Waals surface area contributed by atoms with Crippen LogP contribution in [-0.4, -0.2) is 112 Å². The Labute approximate surface area is 262 Å². The first-order chi connectivity index (χ1) is 20.3. The fraction of sp³-hybridized carbons (Fsp3) is 0.696. The van der Waals surface area contributed by atoms with Crippen molar-refractivity contribution in [3.8, 4) is 0 Å². The third-order valence-electron chi connectivity index (χ3n) is 8.56. The minimum Gasteiger partial charge on any atom is -0.397 e. The van der Waals surface area contributed by atoms with Crippen molar-refractivity contribution in [1.82, 2.24) is 10.8 Å². The van der Waals surface area contributed by atoms with Gasteiger partial charge in [0.1, 0.15) is 17.3 Å². The summed E-state index contributed by atoms with van der Waals surface area (Å²) in [5.41, 5.74) is 20.4. The molecule has 0 amide bonds. The number of ketones is 2. The number of aliphatic hydroxyl groups excluding tert-OH is 4. The maximum absolute atomic E-state index is 14.1. The molecule has 12 unspecified atom stereocenters. The van der Waals surface area contributed by atoms with Crippen LogP contribution >= 0.6 is 35.3 Å². The Morgan fingerprint density at radius 2 is 1.70 bits per heavy atom. The van der Waals surface area contributed by atoms with Gasteiger partial charge in [0, 0.05) is 44.7 Å². The van der Waals surface area contributed by atoms with E-state index in [1.165, 1.54) is 11.8 Å². The predicted molar refractivity (Wildman–Crippen MR) is 167 cm³/mol. The monoisotopic (exact) mass is 700 g/mol. The van der Waals surface area contributed by atoms with E-state index in [0.717, 1.165) is 11.8 Å². The molecule has 5 aliphatic rings. The molecular formula is C23H36N6O9S5. The minimum absolute atomic E-state index is 0.0101. The molecule has 2 aliphatic heterocycles. The number of thioether (sulfide) groups is 3. The normalized spacial score (nSPS) is 41.0. The molecule has 43 heavy (non-hydrogen) atoms. The summed E-state index contributed by atoms with van der Waals surface area (Å²) in [5.74, 6) is -3.00. The summed E-state index contributed by atoms with van der Waals surface area (Å²) < 4.78 is 19.2. The Bertz CT molecular complexity index is 1400. The standard InChI is InChI=1S/C23H36N6O9S5/c1-6-8(24)14(33)7(2)17-12(6)29-13-18(39-17)9(25)15(34)22-20(13)40-19-11(27)23(10(26)16(35)21(19)41-22)43(36,38-37-28-3-30)42(4-31)5-32/h6-9,12-13,15,17-18,20,22,26,28-32,34H,3-5,24-25,27H2,1-2H3. The average Bonchev–Trinajstić information content (AvgIpc) is 3.00. The van der Waals surface area contributed by atoms with E-state index in [2.05, 4.69) is 10.3 Å². The zero-order valence-corrected chi connectivity index (χ0v) is 27.2. The van der Waals surface area contributed by atoms with Gasteiger partial charge >= 0.3 is 0 Å². The van der Waals surface area contributed by atoms with Crippen molar-refractivity contribution in [2.75, 3.05) is 18.6 Å². The van der Waals surface area contributed by atoms with Crippen LogP contribution in [-0.2, 0) is 37.1 Å². The second-order valence-electron chi connectivity index (χ2n) is 10.8. The number of carbonyl (C=O) groups excluding carboxylic acids is 2. The number of carbonyl (C=O) groups is 2. The van der Waals surface area contributed by atoms with Crippen LogP contribution in [0.5, 0.6) is 0 Å². The lowest BCUT2D eigenvalue weighted by atomic mass is 9.74.